The number of nitriles is 1. The van der Waals surface area contributed by atoms with Gasteiger partial charge in [-0.3, -0.25) is 4.79 Å². The van der Waals surface area contributed by atoms with Gasteiger partial charge in [-0.2, -0.15) is 5.26 Å². The zero-order chi connectivity index (χ0) is 26.5. The Morgan fingerprint density at radius 3 is 2.56 bits per heavy atom. The molecule has 0 saturated carbocycles. The van der Waals surface area contributed by atoms with Crippen molar-refractivity contribution in [3.05, 3.63) is 92.5 Å². The highest BCUT2D eigenvalue weighted by atomic mass is 79.9. The second-order valence-corrected chi connectivity index (χ2v) is 10.2. The highest BCUT2D eigenvalue weighted by Gasteiger charge is 2.35. The first kappa shape index (κ1) is 27.6. The van der Waals surface area contributed by atoms with Crippen molar-refractivity contribution in [3.63, 3.8) is 0 Å². The molecule has 3 rings (SSSR count). The summed E-state index contributed by atoms with van der Waals surface area (Å²) in [5.41, 5.74) is 0.496. The second kappa shape index (κ2) is 11.8. The lowest BCUT2D eigenvalue weighted by atomic mass is 9.85. The van der Waals surface area contributed by atoms with Gasteiger partial charge >= 0.3 is 0 Å². The molecule has 9 heteroatoms. The number of carbonyl (C=O) groups is 1. The lowest BCUT2D eigenvalue weighted by Gasteiger charge is -2.31. The second-order valence-electron chi connectivity index (χ2n) is 8.90. The lowest BCUT2D eigenvalue weighted by Crippen LogP contribution is -2.51. The molecule has 1 heterocycles. The Labute approximate surface area is 222 Å². The summed E-state index contributed by atoms with van der Waals surface area (Å²) in [7, 11) is 0. The fourth-order valence-electron chi connectivity index (χ4n) is 3.75. The molecule has 5 nitrogen and oxygen atoms in total. The van der Waals surface area contributed by atoms with Crippen LogP contribution >= 0.6 is 27.5 Å². The molecule has 0 aliphatic carbocycles. The van der Waals surface area contributed by atoms with Crippen molar-refractivity contribution in [3.8, 4) is 11.9 Å². The monoisotopic (exact) mass is 575 g/mol. The molecule has 0 aliphatic heterocycles. The van der Waals surface area contributed by atoms with Crippen molar-refractivity contribution in [2.75, 3.05) is 0 Å². The number of nitrogens with zero attached hydrogens (tertiary/aromatic N) is 2. The van der Waals surface area contributed by atoms with Crippen LogP contribution < -0.4 is 10.1 Å². The van der Waals surface area contributed by atoms with Crippen LogP contribution in [0.4, 0.5) is 8.78 Å². The molecule has 0 bridgehead atoms. The van der Waals surface area contributed by atoms with Crippen LogP contribution in [0.1, 0.15) is 55.4 Å². The quantitative estimate of drug-likeness (QED) is 0.298. The van der Waals surface area contributed by atoms with E-state index in [0.717, 1.165) is 11.1 Å². The number of pyridine rings is 1. The average Bonchev–Trinajstić information content (AvgIpc) is 2.84. The van der Waals surface area contributed by atoms with E-state index in [-0.39, 0.29) is 11.8 Å². The third-order valence-electron chi connectivity index (χ3n) is 5.75. The van der Waals surface area contributed by atoms with Crippen molar-refractivity contribution >= 4 is 33.4 Å². The number of ether oxygens (including phenoxy) is 1. The predicted octanol–water partition coefficient (Wildman–Crippen LogP) is 7.00. The molecule has 0 unspecified atom stereocenters. The Balaban J connectivity index is 1.84. The molecule has 0 aliphatic rings. The van der Waals surface area contributed by atoms with Crippen LogP contribution in [0.3, 0.4) is 0 Å². The minimum absolute atomic E-state index is 0.193. The first-order valence-corrected chi connectivity index (χ1v) is 12.4. The van der Waals surface area contributed by atoms with Gasteiger partial charge in [-0.25, -0.2) is 13.8 Å². The zero-order valence-electron chi connectivity index (χ0n) is 19.9. The SMILES string of the molecule is C[C@H](NC(=O)C(C)(C)Oc1ncc(Br)cc1C(F)F)[C@@H](Cc1ccc(Cl)cc1)c1cccc(C#N)c1. The molecule has 188 valence electrons. The summed E-state index contributed by atoms with van der Waals surface area (Å²) in [6.07, 6.45) is -0.917. The summed E-state index contributed by atoms with van der Waals surface area (Å²) in [6.45, 7) is 4.85. The van der Waals surface area contributed by atoms with Crippen LogP contribution in [0.25, 0.3) is 0 Å². The molecule has 0 fully saturated rings. The molecule has 2 atom stereocenters. The number of hydrogen-bond donors (Lipinski definition) is 1. The molecule has 0 spiro atoms. The summed E-state index contributed by atoms with van der Waals surface area (Å²) in [5.74, 6) is -0.987. The first-order valence-electron chi connectivity index (χ1n) is 11.2. The number of nitrogens with one attached hydrogen (secondary N) is 1. The molecule has 3 aromatic rings. The summed E-state index contributed by atoms with van der Waals surface area (Å²) in [4.78, 5) is 17.2. The minimum atomic E-state index is -2.82. The van der Waals surface area contributed by atoms with E-state index in [0.29, 0.717) is 21.5 Å². The number of benzene rings is 2. The van der Waals surface area contributed by atoms with Crippen molar-refractivity contribution in [2.24, 2.45) is 0 Å². The van der Waals surface area contributed by atoms with Crippen molar-refractivity contribution in [1.29, 1.82) is 5.26 Å². The molecule has 1 amide bonds. The predicted molar refractivity (Wildman–Crippen MR) is 138 cm³/mol. The van der Waals surface area contributed by atoms with E-state index in [1.54, 1.807) is 30.3 Å². The lowest BCUT2D eigenvalue weighted by molar-refractivity contribution is -0.135. The average molecular weight is 577 g/mol. The Bertz CT molecular complexity index is 1260. The van der Waals surface area contributed by atoms with Crippen molar-refractivity contribution in [2.45, 2.75) is 51.2 Å². The maximum atomic E-state index is 13.5. The number of rotatable bonds is 9. The molecule has 0 saturated heterocycles. The molecule has 2 aromatic carbocycles. The van der Waals surface area contributed by atoms with E-state index < -0.39 is 29.5 Å². The van der Waals surface area contributed by atoms with E-state index >= 15 is 0 Å². The van der Waals surface area contributed by atoms with Gasteiger partial charge in [0.25, 0.3) is 12.3 Å². The summed E-state index contributed by atoms with van der Waals surface area (Å²) >= 11 is 9.16. The molecule has 0 radical (unpaired) electrons. The molecular formula is C27H25BrClF2N3O2. The van der Waals surface area contributed by atoms with Crippen molar-refractivity contribution in [1.82, 2.24) is 10.3 Å². The molecule has 36 heavy (non-hydrogen) atoms. The van der Waals surface area contributed by atoms with Crippen LogP contribution in [-0.2, 0) is 11.2 Å². The fraction of sp³-hybridized carbons (Fsp3) is 0.296. The van der Waals surface area contributed by atoms with E-state index in [1.165, 1.54) is 26.1 Å². The van der Waals surface area contributed by atoms with Gasteiger partial charge < -0.3 is 10.1 Å². The Hall–Kier alpha value is -3.02. The van der Waals surface area contributed by atoms with Gasteiger partial charge in [-0.15, -0.1) is 0 Å². The van der Waals surface area contributed by atoms with Crippen LogP contribution in [0.5, 0.6) is 5.88 Å². The fourth-order valence-corrected chi connectivity index (χ4v) is 4.22. The molecule has 1 aromatic heterocycles. The minimum Gasteiger partial charge on any atom is -0.461 e. The van der Waals surface area contributed by atoms with Gasteiger partial charge in [0.1, 0.15) is 0 Å². The van der Waals surface area contributed by atoms with E-state index in [2.05, 4.69) is 32.3 Å². The molecular weight excluding hydrogens is 552 g/mol. The number of hydrogen-bond acceptors (Lipinski definition) is 4. The Morgan fingerprint density at radius 1 is 1.22 bits per heavy atom. The summed E-state index contributed by atoms with van der Waals surface area (Å²) in [6, 6.07) is 17.6. The Morgan fingerprint density at radius 2 is 1.92 bits per heavy atom. The summed E-state index contributed by atoms with van der Waals surface area (Å²) < 4.78 is 33.1. The third kappa shape index (κ3) is 7.02. The van der Waals surface area contributed by atoms with Gasteiger partial charge in [0.05, 0.1) is 17.2 Å². The Kier molecular flexibility index (Phi) is 9.04. The van der Waals surface area contributed by atoms with Gasteiger partial charge in [-0.05, 0) is 84.6 Å². The standard InChI is InChI=1S/C27H25BrClF2N3O2/c1-16(34-26(35)27(2,3)36-25-23(24(30)31)13-20(28)15-33-25)22(12-17-7-9-21(29)10-8-17)19-6-4-5-18(11-19)14-32/h4-11,13,15-16,22,24H,12H2,1-3H3,(H,34,35)/t16-,22+/m0/s1. The number of aromatic nitrogens is 1. The van der Waals surface area contributed by atoms with Gasteiger partial charge in [0.15, 0.2) is 5.60 Å². The van der Waals surface area contributed by atoms with Gasteiger partial charge in [-0.1, -0.05) is 35.9 Å². The number of carbonyl (C=O) groups excluding carboxylic acids is 1. The smallest absolute Gasteiger partial charge is 0.269 e. The maximum absolute atomic E-state index is 13.5. The normalized spacial score (nSPS) is 13.1. The largest absolute Gasteiger partial charge is 0.461 e. The van der Waals surface area contributed by atoms with Crippen LogP contribution in [-0.4, -0.2) is 22.5 Å². The number of alkyl halides is 2. The highest BCUT2D eigenvalue weighted by molar-refractivity contribution is 9.10. The van der Waals surface area contributed by atoms with E-state index in [9.17, 15) is 18.8 Å². The van der Waals surface area contributed by atoms with Crippen LogP contribution in [0.2, 0.25) is 5.02 Å². The van der Waals surface area contributed by atoms with E-state index in [1.807, 2.05) is 25.1 Å². The van der Waals surface area contributed by atoms with Gasteiger partial charge in [0.2, 0.25) is 5.88 Å². The summed E-state index contributed by atoms with van der Waals surface area (Å²) in [5, 5.41) is 12.9. The number of halogens is 4. The van der Waals surface area contributed by atoms with Crippen molar-refractivity contribution < 1.29 is 18.3 Å². The van der Waals surface area contributed by atoms with Crippen LogP contribution in [0.15, 0.2) is 65.3 Å². The zero-order valence-corrected chi connectivity index (χ0v) is 22.3. The van der Waals surface area contributed by atoms with Crippen LogP contribution in [0, 0.1) is 11.3 Å². The third-order valence-corrected chi connectivity index (χ3v) is 6.44. The molecule has 1 N–H and O–H groups in total. The highest BCUT2D eigenvalue weighted by Crippen LogP contribution is 2.32. The first-order chi connectivity index (χ1) is 17.0. The van der Waals surface area contributed by atoms with E-state index in [4.69, 9.17) is 16.3 Å². The number of amides is 1. The topological polar surface area (TPSA) is 75.0 Å². The van der Waals surface area contributed by atoms with Gasteiger partial charge in [0, 0.05) is 27.7 Å². The maximum Gasteiger partial charge on any atom is 0.269 e.